The highest BCUT2D eigenvalue weighted by atomic mass is 32.2. The summed E-state index contributed by atoms with van der Waals surface area (Å²) >= 11 is 0. The largest absolute Gasteiger partial charge is 0.299 e. The number of ketones is 1. The minimum absolute atomic E-state index is 0.159. The van der Waals surface area contributed by atoms with Crippen LogP contribution in [0.15, 0.2) is 0 Å². The summed E-state index contributed by atoms with van der Waals surface area (Å²) in [5, 5.41) is 0.239. The lowest BCUT2D eigenvalue weighted by Crippen LogP contribution is -2.26. The van der Waals surface area contributed by atoms with Gasteiger partial charge in [0.2, 0.25) is 0 Å². The topological polar surface area (TPSA) is 34.1 Å². The first-order chi connectivity index (χ1) is 4.20. The summed E-state index contributed by atoms with van der Waals surface area (Å²) in [6, 6.07) is 0. The summed E-state index contributed by atoms with van der Waals surface area (Å²) in [6.45, 7) is 1.93. The molecule has 0 saturated carbocycles. The lowest BCUT2D eigenvalue weighted by Gasteiger charge is -2.14. The molecule has 1 aliphatic rings. The van der Waals surface area contributed by atoms with Gasteiger partial charge < -0.3 is 0 Å². The van der Waals surface area contributed by atoms with Gasteiger partial charge in [-0.05, 0) is 6.42 Å². The van der Waals surface area contributed by atoms with Crippen molar-refractivity contribution in [2.45, 2.75) is 25.0 Å². The van der Waals surface area contributed by atoms with E-state index in [0.29, 0.717) is 12.2 Å². The minimum atomic E-state index is -0.865. The molecule has 2 atom stereocenters. The Balaban J connectivity index is 2.54. The van der Waals surface area contributed by atoms with Crippen molar-refractivity contribution in [3.05, 3.63) is 0 Å². The zero-order valence-electron chi connectivity index (χ0n) is 5.42. The number of rotatable bonds is 0. The first-order valence-corrected chi connectivity index (χ1v) is 4.47. The molecule has 0 aliphatic carbocycles. The Bertz CT molecular complexity index is 153. The molecule has 0 N–H and O–H groups in total. The van der Waals surface area contributed by atoms with Crippen molar-refractivity contribution in [1.29, 1.82) is 0 Å². The summed E-state index contributed by atoms with van der Waals surface area (Å²) in [5.74, 6) is 0.452. The number of Topliss-reactive ketones (excluding diaryl/α,β-unsaturated/α-hetero) is 1. The van der Waals surface area contributed by atoms with E-state index in [4.69, 9.17) is 0 Å². The van der Waals surface area contributed by atoms with E-state index in [9.17, 15) is 9.00 Å². The van der Waals surface area contributed by atoms with Crippen molar-refractivity contribution in [2.75, 3.05) is 5.75 Å². The van der Waals surface area contributed by atoms with Crippen molar-refractivity contribution in [1.82, 2.24) is 0 Å². The maximum Gasteiger partial charge on any atom is 0.145 e. The van der Waals surface area contributed by atoms with Crippen LogP contribution < -0.4 is 0 Å². The van der Waals surface area contributed by atoms with Crippen LogP contribution in [0.5, 0.6) is 0 Å². The van der Waals surface area contributed by atoms with Gasteiger partial charge in [-0.3, -0.25) is 9.00 Å². The fraction of sp³-hybridized carbons (Fsp3) is 0.833. The zero-order chi connectivity index (χ0) is 6.85. The van der Waals surface area contributed by atoms with Crippen LogP contribution in [0, 0.1) is 0 Å². The van der Waals surface area contributed by atoms with Crippen molar-refractivity contribution >= 4 is 16.6 Å². The summed E-state index contributed by atoms with van der Waals surface area (Å²) in [7, 11) is -0.865. The number of hydrogen-bond donors (Lipinski definition) is 0. The highest BCUT2D eigenvalue weighted by Gasteiger charge is 2.21. The van der Waals surface area contributed by atoms with E-state index in [1.165, 1.54) is 0 Å². The minimum Gasteiger partial charge on any atom is -0.299 e. The van der Waals surface area contributed by atoms with Gasteiger partial charge in [0.25, 0.3) is 0 Å². The highest BCUT2D eigenvalue weighted by Crippen LogP contribution is 2.12. The highest BCUT2D eigenvalue weighted by molar-refractivity contribution is 7.86. The van der Waals surface area contributed by atoms with E-state index in [-0.39, 0.29) is 11.0 Å². The molecular weight excluding hydrogens is 136 g/mol. The quantitative estimate of drug-likeness (QED) is 0.498. The molecule has 0 aromatic heterocycles. The number of hydrogen-bond acceptors (Lipinski definition) is 2. The molecule has 2 nitrogen and oxygen atoms in total. The molecule has 1 saturated heterocycles. The Kier molecular flexibility index (Phi) is 2.01. The smallest absolute Gasteiger partial charge is 0.145 e. The molecule has 0 aromatic carbocycles. The van der Waals surface area contributed by atoms with Crippen molar-refractivity contribution in [3.8, 4) is 0 Å². The second kappa shape index (κ2) is 2.60. The summed E-state index contributed by atoms with van der Waals surface area (Å²) < 4.78 is 10.9. The van der Waals surface area contributed by atoms with Crippen LogP contribution in [0.1, 0.15) is 19.8 Å². The molecule has 0 bridgehead atoms. The van der Waals surface area contributed by atoms with Crippen LogP contribution in [0.4, 0.5) is 0 Å². The average molecular weight is 146 g/mol. The Labute approximate surface area is 57.1 Å². The molecule has 1 rings (SSSR count). The van der Waals surface area contributed by atoms with Crippen LogP contribution in [0.25, 0.3) is 0 Å². The third-order valence-electron chi connectivity index (χ3n) is 1.58. The first-order valence-electron chi connectivity index (χ1n) is 3.09. The normalized spacial score (nSPS) is 36.8. The molecule has 0 radical (unpaired) electrons. The SMILES string of the molecule is C[C@H]1CCC(=O)CS1=O. The van der Waals surface area contributed by atoms with E-state index >= 15 is 0 Å². The van der Waals surface area contributed by atoms with Crippen LogP contribution in [-0.4, -0.2) is 21.0 Å². The predicted octanol–water partition coefficient (Wildman–Crippen LogP) is 0.486. The molecule has 3 heteroatoms. The summed E-state index contributed by atoms with van der Waals surface area (Å²) in [4.78, 5) is 10.6. The molecule has 0 aromatic rings. The van der Waals surface area contributed by atoms with Crippen LogP contribution in [-0.2, 0) is 15.6 Å². The van der Waals surface area contributed by atoms with Gasteiger partial charge in [-0.2, -0.15) is 0 Å². The van der Waals surface area contributed by atoms with Gasteiger partial charge in [-0.25, -0.2) is 0 Å². The molecule has 1 fully saturated rings. The summed E-state index contributed by atoms with van der Waals surface area (Å²) in [5.41, 5.74) is 0. The standard InChI is InChI=1S/C6H10O2S/c1-5-2-3-6(7)4-9(5)8/h5H,2-4H2,1H3/t5-,9?/m0/s1. The second-order valence-electron chi connectivity index (χ2n) is 2.41. The lowest BCUT2D eigenvalue weighted by atomic mass is 10.2. The molecule has 9 heavy (non-hydrogen) atoms. The molecule has 1 aliphatic heterocycles. The maximum absolute atomic E-state index is 10.9. The predicted molar refractivity (Wildman–Crippen MR) is 36.7 cm³/mol. The monoisotopic (exact) mass is 146 g/mol. The van der Waals surface area contributed by atoms with Gasteiger partial charge in [-0.1, -0.05) is 6.92 Å². The Morgan fingerprint density at radius 1 is 1.67 bits per heavy atom. The zero-order valence-corrected chi connectivity index (χ0v) is 6.24. The molecule has 0 amide bonds. The fourth-order valence-corrected chi connectivity index (χ4v) is 2.00. The van der Waals surface area contributed by atoms with Gasteiger partial charge >= 0.3 is 0 Å². The second-order valence-corrected chi connectivity index (χ2v) is 4.27. The van der Waals surface area contributed by atoms with Crippen molar-refractivity contribution < 1.29 is 9.00 Å². The molecule has 1 heterocycles. The van der Waals surface area contributed by atoms with E-state index in [0.717, 1.165) is 6.42 Å². The van der Waals surface area contributed by atoms with Crippen molar-refractivity contribution in [3.63, 3.8) is 0 Å². The molecule has 52 valence electrons. The van der Waals surface area contributed by atoms with Gasteiger partial charge in [0.1, 0.15) is 5.78 Å². The third-order valence-corrected chi connectivity index (χ3v) is 3.32. The van der Waals surface area contributed by atoms with Crippen LogP contribution in [0.2, 0.25) is 0 Å². The van der Waals surface area contributed by atoms with Gasteiger partial charge in [0, 0.05) is 22.5 Å². The summed E-state index contributed by atoms with van der Waals surface area (Å²) in [6.07, 6.45) is 1.44. The van der Waals surface area contributed by atoms with Gasteiger partial charge in [0.15, 0.2) is 0 Å². The van der Waals surface area contributed by atoms with Crippen LogP contribution >= 0.6 is 0 Å². The Morgan fingerprint density at radius 2 is 2.33 bits per heavy atom. The number of carbonyl (C=O) groups excluding carboxylic acids is 1. The average Bonchev–Trinajstić information content (AvgIpc) is 1.80. The molecular formula is C6H10O2S. The third kappa shape index (κ3) is 1.61. The van der Waals surface area contributed by atoms with Gasteiger partial charge in [0.05, 0.1) is 5.75 Å². The van der Waals surface area contributed by atoms with Crippen molar-refractivity contribution in [2.24, 2.45) is 0 Å². The van der Waals surface area contributed by atoms with E-state index < -0.39 is 10.8 Å². The Hall–Kier alpha value is -0.180. The number of carbonyl (C=O) groups is 1. The first kappa shape index (κ1) is 6.93. The maximum atomic E-state index is 10.9. The van der Waals surface area contributed by atoms with E-state index in [2.05, 4.69) is 0 Å². The van der Waals surface area contributed by atoms with Crippen LogP contribution in [0.3, 0.4) is 0 Å². The fourth-order valence-electron chi connectivity index (χ4n) is 0.869. The van der Waals surface area contributed by atoms with Gasteiger partial charge in [-0.15, -0.1) is 0 Å². The van der Waals surface area contributed by atoms with E-state index in [1.807, 2.05) is 6.92 Å². The lowest BCUT2D eigenvalue weighted by molar-refractivity contribution is -0.117. The Morgan fingerprint density at radius 3 is 2.78 bits per heavy atom. The molecule has 0 spiro atoms. The molecule has 1 unspecified atom stereocenters. The van der Waals surface area contributed by atoms with E-state index in [1.54, 1.807) is 0 Å².